The standard InChI is InChI=1S/C25H28N2O4S2/c1-18(21-9-13-23(32-3)14-10-21)26-25(28)17-31-22-11-15-24(16-12-22)33(29,30)27-19(2)20-7-5-4-6-8-20/h4-16,18-19,27H,17H2,1-3H3,(H,26,28). The van der Waals surface area contributed by atoms with E-state index in [-0.39, 0.29) is 29.5 Å². The molecular formula is C25H28N2O4S2. The average Bonchev–Trinajstić information content (AvgIpc) is 2.83. The monoisotopic (exact) mass is 484 g/mol. The Hall–Kier alpha value is -2.81. The normalized spacial score (nSPS) is 13.2. The van der Waals surface area contributed by atoms with Crippen LogP contribution in [0.15, 0.2) is 88.7 Å². The molecule has 0 aliphatic carbocycles. The Balaban J connectivity index is 1.52. The van der Waals surface area contributed by atoms with Crippen LogP contribution in [0.4, 0.5) is 0 Å². The zero-order valence-corrected chi connectivity index (χ0v) is 20.4. The largest absolute Gasteiger partial charge is 0.484 e. The Morgan fingerprint density at radius 3 is 2.09 bits per heavy atom. The SMILES string of the molecule is CSc1ccc(C(C)NC(=O)COc2ccc(S(=O)(=O)NC(C)c3ccccc3)cc2)cc1. The second-order valence-electron chi connectivity index (χ2n) is 7.58. The van der Waals surface area contributed by atoms with Crippen molar-refractivity contribution >= 4 is 27.7 Å². The highest BCUT2D eigenvalue weighted by Crippen LogP contribution is 2.21. The van der Waals surface area contributed by atoms with E-state index in [1.54, 1.807) is 30.8 Å². The summed E-state index contributed by atoms with van der Waals surface area (Å²) in [5.41, 5.74) is 1.88. The predicted octanol–water partition coefficient (Wildman–Crippen LogP) is 4.70. The number of carbonyl (C=O) groups excluding carboxylic acids is 1. The van der Waals surface area contributed by atoms with E-state index in [4.69, 9.17) is 4.74 Å². The molecule has 2 unspecified atom stereocenters. The van der Waals surface area contributed by atoms with Crippen molar-refractivity contribution in [2.24, 2.45) is 0 Å². The zero-order valence-electron chi connectivity index (χ0n) is 18.8. The summed E-state index contributed by atoms with van der Waals surface area (Å²) in [5, 5.41) is 2.90. The number of nitrogens with one attached hydrogen (secondary N) is 2. The molecule has 3 aromatic rings. The summed E-state index contributed by atoms with van der Waals surface area (Å²) in [7, 11) is -3.69. The number of ether oxygens (including phenoxy) is 1. The molecule has 0 radical (unpaired) electrons. The molecule has 1 amide bonds. The van der Waals surface area contributed by atoms with Gasteiger partial charge in [-0.3, -0.25) is 4.79 Å². The van der Waals surface area contributed by atoms with Crippen molar-refractivity contribution in [3.63, 3.8) is 0 Å². The summed E-state index contributed by atoms with van der Waals surface area (Å²) in [4.78, 5) is 13.6. The topological polar surface area (TPSA) is 84.5 Å². The number of hydrogen-bond donors (Lipinski definition) is 2. The van der Waals surface area contributed by atoms with Crippen molar-refractivity contribution in [1.29, 1.82) is 0 Å². The minimum Gasteiger partial charge on any atom is -0.484 e. The minimum atomic E-state index is -3.69. The lowest BCUT2D eigenvalue weighted by atomic mass is 10.1. The Morgan fingerprint density at radius 1 is 0.879 bits per heavy atom. The van der Waals surface area contributed by atoms with Crippen LogP contribution in [-0.2, 0) is 14.8 Å². The predicted molar refractivity (Wildman–Crippen MR) is 132 cm³/mol. The first-order valence-electron chi connectivity index (χ1n) is 10.5. The molecule has 2 atom stereocenters. The molecule has 0 heterocycles. The molecule has 33 heavy (non-hydrogen) atoms. The molecule has 2 N–H and O–H groups in total. The van der Waals surface area contributed by atoms with E-state index >= 15 is 0 Å². The number of benzene rings is 3. The van der Waals surface area contributed by atoms with Gasteiger partial charge in [0.15, 0.2) is 6.61 Å². The maximum Gasteiger partial charge on any atom is 0.258 e. The first kappa shape index (κ1) is 24.8. The summed E-state index contributed by atoms with van der Waals surface area (Å²) in [5.74, 6) is 0.156. The molecule has 8 heteroatoms. The number of carbonyl (C=O) groups is 1. The highest BCUT2D eigenvalue weighted by atomic mass is 32.2. The van der Waals surface area contributed by atoms with Gasteiger partial charge in [-0.1, -0.05) is 42.5 Å². The van der Waals surface area contributed by atoms with Crippen LogP contribution in [0.2, 0.25) is 0 Å². The third kappa shape index (κ3) is 7.08. The van der Waals surface area contributed by atoms with Crippen molar-refractivity contribution < 1.29 is 17.9 Å². The molecule has 0 spiro atoms. The third-order valence-corrected chi connectivity index (χ3v) is 7.43. The van der Waals surface area contributed by atoms with Crippen LogP contribution in [0.5, 0.6) is 5.75 Å². The molecule has 6 nitrogen and oxygen atoms in total. The van der Waals surface area contributed by atoms with Crippen molar-refractivity contribution in [1.82, 2.24) is 10.0 Å². The lowest BCUT2D eigenvalue weighted by Gasteiger charge is -2.16. The Morgan fingerprint density at radius 2 is 1.48 bits per heavy atom. The molecular weight excluding hydrogens is 456 g/mol. The Labute approximate surface area is 199 Å². The summed E-state index contributed by atoms with van der Waals surface area (Å²) < 4.78 is 33.5. The van der Waals surface area contributed by atoms with Crippen molar-refractivity contribution in [3.8, 4) is 5.75 Å². The van der Waals surface area contributed by atoms with Crippen molar-refractivity contribution in [2.75, 3.05) is 12.9 Å². The van der Waals surface area contributed by atoms with Gasteiger partial charge in [0.05, 0.1) is 10.9 Å². The summed E-state index contributed by atoms with van der Waals surface area (Å²) >= 11 is 1.66. The molecule has 3 rings (SSSR count). The van der Waals surface area contributed by atoms with E-state index < -0.39 is 10.0 Å². The fraction of sp³-hybridized carbons (Fsp3) is 0.240. The fourth-order valence-corrected chi connectivity index (χ4v) is 4.87. The summed E-state index contributed by atoms with van der Waals surface area (Å²) in [6, 6.07) is 22.9. The fourth-order valence-electron chi connectivity index (χ4n) is 3.23. The Kier molecular flexibility index (Phi) is 8.55. The van der Waals surface area contributed by atoms with E-state index in [1.165, 1.54) is 12.1 Å². The van der Waals surface area contributed by atoms with Gasteiger partial charge in [-0.05, 0) is 67.6 Å². The van der Waals surface area contributed by atoms with Crippen LogP contribution >= 0.6 is 11.8 Å². The van der Waals surface area contributed by atoms with E-state index in [2.05, 4.69) is 10.0 Å². The van der Waals surface area contributed by atoms with Gasteiger partial charge in [0.25, 0.3) is 5.91 Å². The molecule has 0 aliphatic rings. The number of thioether (sulfide) groups is 1. The molecule has 0 fully saturated rings. The second kappa shape index (κ2) is 11.4. The van der Waals surface area contributed by atoms with Gasteiger partial charge in [0, 0.05) is 10.9 Å². The molecule has 0 aromatic heterocycles. The lowest BCUT2D eigenvalue weighted by molar-refractivity contribution is -0.123. The van der Waals surface area contributed by atoms with Crippen molar-refractivity contribution in [2.45, 2.75) is 35.7 Å². The third-order valence-electron chi connectivity index (χ3n) is 5.13. The summed E-state index contributed by atoms with van der Waals surface area (Å²) in [6.45, 7) is 3.54. The smallest absolute Gasteiger partial charge is 0.258 e. The highest BCUT2D eigenvalue weighted by molar-refractivity contribution is 7.98. The molecule has 0 saturated carbocycles. The first-order chi connectivity index (χ1) is 15.8. The van der Waals surface area contributed by atoms with Crippen LogP contribution in [0.25, 0.3) is 0 Å². The van der Waals surface area contributed by atoms with E-state index in [9.17, 15) is 13.2 Å². The number of sulfonamides is 1. The van der Waals surface area contributed by atoms with Crippen LogP contribution in [0.1, 0.15) is 37.1 Å². The van der Waals surface area contributed by atoms with E-state index in [0.717, 1.165) is 16.0 Å². The van der Waals surface area contributed by atoms with E-state index in [1.807, 2.05) is 67.8 Å². The van der Waals surface area contributed by atoms with Gasteiger partial charge < -0.3 is 10.1 Å². The quantitative estimate of drug-likeness (QED) is 0.407. The average molecular weight is 485 g/mol. The maximum absolute atomic E-state index is 12.7. The Bertz CT molecular complexity index is 1150. The van der Waals surface area contributed by atoms with Gasteiger partial charge in [-0.25, -0.2) is 13.1 Å². The lowest BCUT2D eigenvalue weighted by Crippen LogP contribution is -2.31. The van der Waals surface area contributed by atoms with Crippen LogP contribution < -0.4 is 14.8 Å². The van der Waals surface area contributed by atoms with Crippen molar-refractivity contribution in [3.05, 3.63) is 90.0 Å². The van der Waals surface area contributed by atoms with Gasteiger partial charge in [-0.2, -0.15) is 0 Å². The van der Waals surface area contributed by atoms with Gasteiger partial charge in [0.2, 0.25) is 10.0 Å². The maximum atomic E-state index is 12.7. The van der Waals surface area contributed by atoms with Gasteiger partial charge in [0.1, 0.15) is 5.75 Å². The number of rotatable bonds is 10. The van der Waals surface area contributed by atoms with Crippen LogP contribution in [-0.4, -0.2) is 27.2 Å². The molecule has 3 aromatic carbocycles. The minimum absolute atomic E-state index is 0.129. The van der Waals surface area contributed by atoms with E-state index in [0.29, 0.717) is 5.75 Å². The number of amides is 1. The van der Waals surface area contributed by atoms with Crippen LogP contribution in [0.3, 0.4) is 0 Å². The molecule has 0 bridgehead atoms. The molecule has 174 valence electrons. The molecule has 0 saturated heterocycles. The van der Waals surface area contributed by atoms with Gasteiger partial charge in [-0.15, -0.1) is 11.8 Å². The number of hydrogen-bond acceptors (Lipinski definition) is 5. The molecule has 0 aliphatic heterocycles. The first-order valence-corrected chi connectivity index (χ1v) is 13.2. The second-order valence-corrected chi connectivity index (χ2v) is 10.2. The zero-order chi connectivity index (χ0) is 23.8. The highest BCUT2D eigenvalue weighted by Gasteiger charge is 2.18. The summed E-state index contributed by atoms with van der Waals surface area (Å²) in [6.07, 6.45) is 2.02. The van der Waals surface area contributed by atoms with Crippen LogP contribution in [0, 0.1) is 0 Å². The van der Waals surface area contributed by atoms with Gasteiger partial charge >= 0.3 is 0 Å².